The van der Waals surface area contributed by atoms with Gasteiger partial charge in [-0.2, -0.15) is 0 Å². The van der Waals surface area contributed by atoms with E-state index in [0.717, 1.165) is 11.1 Å². The predicted octanol–water partition coefficient (Wildman–Crippen LogP) is 3.88. The van der Waals surface area contributed by atoms with E-state index in [9.17, 15) is 4.79 Å². The minimum Gasteiger partial charge on any atom is -0.485 e. The van der Waals surface area contributed by atoms with Gasteiger partial charge in [-0.1, -0.05) is 30.3 Å². The van der Waals surface area contributed by atoms with Crippen LogP contribution in [0.5, 0.6) is 11.5 Å². The highest BCUT2D eigenvalue weighted by Crippen LogP contribution is 2.38. The van der Waals surface area contributed by atoms with E-state index in [2.05, 4.69) is 22.6 Å². The lowest BCUT2D eigenvalue weighted by Gasteiger charge is -2.25. The fraction of sp³-hybridized carbons (Fsp3) is 0.235. The van der Waals surface area contributed by atoms with Crippen LogP contribution in [0.15, 0.2) is 42.5 Å². The Hall–Kier alpha value is -1.76. The van der Waals surface area contributed by atoms with Gasteiger partial charge in [0.25, 0.3) is 0 Å². The average Bonchev–Trinajstić information content (AvgIpc) is 2.54. The second-order valence-electron chi connectivity index (χ2n) is 4.97. The third-order valence-electron chi connectivity index (χ3n) is 3.42. The van der Waals surface area contributed by atoms with Crippen molar-refractivity contribution in [3.05, 3.63) is 59.2 Å². The van der Waals surface area contributed by atoms with Gasteiger partial charge in [0.2, 0.25) is 0 Å². The summed E-state index contributed by atoms with van der Waals surface area (Å²) in [7, 11) is 0. The zero-order valence-electron chi connectivity index (χ0n) is 12.0. The summed E-state index contributed by atoms with van der Waals surface area (Å²) in [4.78, 5) is 12.3. The van der Waals surface area contributed by atoms with Crippen LogP contribution in [0.2, 0.25) is 0 Å². The lowest BCUT2D eigenvalue weighted by Crippen LogP contribution is -2.24. The van der Waals surface area contributed by atoms with Crippen LogP contribution in [0.3, 0.4) is 0 Å². The zero-order chi connectivity index (χ0) is 15.5. The second-order valence-corrected chi connectivity index (χ2v) is 6.36. The van der Waals surface area contributed by atoms with Crippen LogP contribution >= 0.6 is 22.6 Å². The Morgan fingerprint density at radius 2 is 2.05 bits per heavy atom. The first-order valence-electron chi connectivity index (χ1n) is 6.93. The molecule has 1 heterocycles. The number of carbonyl (C=O) groups excluding carboxylic acids is 1. The maximum atomic E-state index is 12.3. The number of hydrogen-bond acceptors (Lipinski definition) is 4. The highest BCUT2D eigenvalue weighted by molar-refractivity contribution is 14.1. The molecule has 1 aliphatic heterocycles. The Morgan fingerprint density at radius 1 is 1.27 bits per heavy atom. The fourth-order valence-electron chi connectivity index (χ4n) is 2.27. The largest absolute Gasteiger partial charge is 0.485 e. The van der Waals surface area contributed by atoms with Crippen molar-refractivity contribution in [3.8, 4) is 11.5 Å². The van der Waals surface area contributed by atoms with Crippen LogP contribution in [-0.4, -0.2) is 16.7 Å². The number of fused-ring (bicyclic) bond motifs is 1. The van der Waals surface area contributed by atoms with Crippen molar-refractivity contribution >= 4 is 28.6 Å². The van der Waals surface area contributed by atoms with Crippen LogP contribution in [0.25, 0.3) is 0 Å². The standard InChI is InChI=1S/C17H15IO4/c1-11-13(7-8-14-16(11)22-15(18)10-20-14)17(19)21-9-12-5-3-2-4-6-12/h2-8,15H,9-10H2,1H3. The van der Waals surface area contributed by atoms with Crippen LogP contribution in [0.4, 0.5) is 0 Å². The molecule has 114 valence electrons. The smallest absolute Gasteiger partial charge is 0.338 e. The number of carbonyl (C=O) groups is 1. The molecule has 5 heteroatoms. The Bertz CT molecular complexity index is 685. The molecule has 1 unspecified atom stereocenters. The third kappa shape index (κ3) is 3.19. The minimum absolute atomic E-state index is 0.0561. The van der Waals surface area contributed by atoms with Gasteiger partial charge < -0.3 is 14.2 Å². The molecular weight excluding hydrogens is 395 g/mol. The van der Waals surface area contributed by atoms with Crippen molar-refractivity contribution in [2.75, 3.05) is 6.61 Å². The molecule has 0 N–H and O–H groups in total. The Kier molecular flexibility index (Phi) is 4.52. The van der Waals surface area contributed by atoms with E-state index in [1.165, 1.54) is 0 Å². The number of rotatable bonds is 3. The molecule has 0 spiro atoms. The molecule has 0 fully saturated rings. The lowest BCUT2D eigenvalue weighted by atomic mass is 10.1. The van der Waals surface area contributed by atoms with Gasteiger partial charge in [0.05, 0.1) is 5.56 Å². The van der Waals surface area contributed by atoms with Gasteiger partial charge in [0, 0.05) is 5.56 Å². The van der Waals surface area contributed by atoms with Crippen LogP contribution < -0.4 is 9.47 Å². The molecule has 0 radical (unpaired) electrons. The van der Waals surface area contributed by atoms with Crippen molar-refractivity contribution in [3.63, 3.8) is 0 Å². The van der Waals surface area contributed by atoms with Crippen molar-refractivity contribution < 1.29 is 19.0 Å². The molecule has 4 nitrogen and oxygen atoms in total. The molecule has 2 aromatic carbocycles. The number of ether oxygens (including phenoxy) is 3. The summed E-state index contributed by atoms with van der Waals surface area (Å²) >= 11 is 2.16. The van der Waals surface area contributed by atoms with E-state index in [1.54, 1.807) is 12.1 Å². The van der Waals surface area contributed by atoms with Crippen LogP contribution in [0.1, 0.15) is 21.5 Å². The predicted molar refractivity (Wildman–Crippen MR) is 90.7 cm³/mol. The molecule has 0 aliphatic carbocycles. The van der Waals surface area contributed by atoms with Gasteiger partial charge in [-0.05, 0) is 47.2 Å². The van der Waals surface area contributed by atoms with E-state index < -0.39 is 0 Å². The molecule has 0 amide bonds. The van der Waals surface area contributed by atoms with E-state index in [1.807, 2.05) is 37.3 Å². The van der Waals surface area contributed by atoms with Crippen molar-refractivity contribution in [2.24, 2.45) is 0 Å². The average molecular weight is 410 g/mol. The molecule has 1 aliphatic rings. The van der Waals surface area contributed by atoms with Crippen molar-refractivity contribution in [2.45, 2.75) is 17.6 Å². The molecule has 2 aromatic rings. The molecule has 22 heavy (non-hydrogen) atoms. The number of alkyl halides is 1. The van der Waals surface area contributed by atoms with Crippen LogP contribution in [-0.2, 0) is 11.3 Å². The number of benzene rings is 2. The SMILES string of the molecule is Cc1c(C(=O)OCc2ccccc2)ccc2c1OC(I)CO2. The molecule has 0 saturated carbocycles. The van der Waals surface area contributed by atoms with E-state index in [-0.39, 0.29) is 16.7 Å². The highest BCUT2D eigenvalue weighted by atomic mass is 127. The van der Waals surface area contributed by atoms with Gasteiger partial charge in [-0.25, -0.2) is 4.79 Å². The van der Waals surface area contributed by atoms with Gasteiger partial charge in [-0.15, -0.1) is 0 Å². The first-order chi connectivity index (χ1) is 10.6. The summed E-state index contributed by atoms with van der Waals surface area (Å²) in [5.74, 6) is 0.938. The second kappa shape index (κ2) is 6.56. The maximum Gasteiger partial charge on any atom is 0.338 e. The maximum absolute atomic E-state index is 12.3. The summed E-state index contributed by atoms with van der Waals surface area (Å²) < 4.78 is 16.7. The molecule has 0 aromatic heterocycles. The Labute approximate surface area is 142 Å². The van der Waals surface area contributed by atoms with Gasteiger partial charge in [0.1, 0.15) is 13.2 Å². The van der Waals surface area contributed by atoms with E-state index in [4.69, 9.17) is 14.2 Å². The number of hydrogen-bond donors (Lipinski definition) is 0. The molecule has 0 saturated heterocycles. The first kappa shape index (κ1) is 15.1. The van der Waals surface area contributed by atoms with Crippen molar-refractivity contribution in [1.29, 1.82) is 0 Å². The lowest BCUT2D eigenvalue weighted by molar-refractivity contribution is 0.0470. The Morgan fingerprint density at radius 3 is 2.82 bits per heavy atom. The zero-order valence-corrected chi connectivity index (χ0v) is 14.2. The van der Waals surface area contributed by atoms with Gasteiger partial charge >= 0.3 is 5.97 Å². The summed E-state index contributed by atoms with van der Waals surface area (Å²) in [6.07, 6.45) is 0. The van der Waals surface area contributed by atoms with E-state index in [0.29, 0.717) is 23.7 Å². The molecule has 0 bridgehead atoms. The summed E-state index contributed by atoms with van der Waals surface area (Å²) in [6.45, 7) is 2.60. The summed E-state index contributed by atoms with van der Waals surface area (Å²) in [5.41, 5.74) is 2.21. The minimum atomic E-state index is -0.358. The normalized spacial score (nSPS) is 16.2. The van der Waals surface area contributed by atoms with Crippen molar-refractivity contribution in [1.82, 2.24) is 0 Å². The molecule has 3 rings (SSSR count). The van der Waals surface area contributed by atoms with Crippen LogP contribution in [0, 0.1) is 6.92 Å². The summed E-state index contributed by atoms with van der Waals surface area (Å²) in [6, 6.07) is 13.1. The van der Waals surface area contributed by atoms with E-state index >= 15 is 0 Å². The quantitative estimate of drug-likeness (QED) is 0.438. The first-order valence-corrected chi connectivity index (χ1v) is 8.18. The monoisotopic (exact) mass is 410 g/mol. The Balaban J connectivity index is 1.77. The van der Waals surface area contributed by atoms with Gasteiger partial charge in [0.15, 0.2) is 15.6 Å². The number of halogens is 1. The fourth-order valence-corrected chi connectivity index (χ4v) is 2.70. The number of esters is 1. The molecular formula is C17H15IO4. The third-order valence-corrected chi connectivity index (χ3v) is 4.03. The molecule has 1 atom stereocenters. The van der Waals surface area contributed by atoms with Gasteiger partial charge in [-0.3, -0.25) is 0 Å². The topological polar surface area (TPSA) is 44.8 Å². The summed E-state index contributed by atoms with van der Waals surface area (Å²) in [5, 5.41) is 0. The highest BCUT2D eigenvalue weighted by Gasteiger charge is 2.24.